The van der Waals surface area contributed by atoms with E-state index in [1.807, 2.05) is 31.2 Å². The zero-order valence-corrected chi connectivity index (χ0v) is 12.1. The van der Waals surface area contributed by atoms with Crippen LogP contribution in [0.15, 0.2) is 24.3 Å². The molecule has 1 atom stereocenters. The maximum Gasteiger partial charge on any atom is 0.224 e. The molecule has 4 nitrogen and oxygen atoms in total. The fraction of sp³-hybridized carbons (Fsp3) is 0.562. The lowest BCUT2D eigenvalue weighted by atomic mass is 10.1. The van der Waals surface area contributed by atoms with Crippen molar-refractivity contribution in [3.05, 3.63) is 29.8 Å². The second-order valence-corrected chi connectivity index (χ2v) is 5.62. The molecule has 1 fully saturated rings. The number of likely N-dealkylation sites (tertiary alicyclic amines) is 1. The number of aryl methyl sites for hydroxylation is 1. The van der Waals surface area contributed by atoms with Crippen molar-refractivity contribution in [2.24, 2.45) is 0 Å². The first kappa shape index (κ1) is 15.0. The Bertz CT molecular complexity index is 448. The number of nitrogens with one attached hydrogen (secondary N) is 1. The number of aliphatic hydroxyl groups is 1. The Balaban J connectivity index is 1.67. The number of anilines is 1. The third-order valence-corrected chi connectivity index (χ3v) is 3.66. The molecule has 4 heteroatoms. The fourth-order valence-electron chi connectivity index (χ4n) is 2.64. The molecule has 110 valence electrons. The van der Waals surface area contributed by atoms with Gasteiger partial charge in [-0.25, -0.2) is 0 Å². The number of amides is 1. The van der Waals surface area contributed by atoms with Gasteiger partial charge in [0.1, 0.15) is 0 Å². The van der Waals surface area contributed by atoms with Crippen LogP contribution in [0.1, 0.15) is 31.2 Å². The molecule has 0 unspecified atom stereocenters. The summed E-state index contributed by atoms with van der Waals surface area (Å²) in [7, 11) is 0. The zero-order chi connectivity index (χ0) is 14.4. The van der Waals surface area contributed by atoms with Gasteiger partial charge in [0.25, 0.3) is 0 Å². The van der Waals surface area contributed by atoms with Crippen LogP contribution in [-0.4, -0.2) is 41.7 Å². The predicted molar refractivity (Wildman–Crippen MR) is 80.7 cm³/mol. The molecule has 0 aliphatic carbocycles. The maximum atomic E-state index is 11.9. The quantitative estimate of drug-likeness (QED) is 0.866. The highest BCUT2D eigenvalue weighted by atomic mass is 16.3. The largest absolute Gasteiger partial charge is 0.392 e. The summed E-state index contributed by atoms with van der Waals surface area (Å²) in [5.41, 5.74) is 2.01. The van der Waals surface area contributed by atoms with Gasteiger partial charge in [0, 0.05) is 18.7 Å². The highest BCUT2D eigenvalue weighted by Gasteiger charge is 2.17. The van der Waals surface area contributed by atoms with E-state index < -0.39 is 0 Å². The van der Waals surface area contributed by atoms with Crippen molar-refractivity contribution in [2.45, 2.75) is 38.7 Å². The van der Waals surface area contributed by atoms with E-state index in [4.69, 9.17) is 0 Å². The molecule has 2 N–H and O–H groups in total. The molecule has 0 radical (unpaired) electrons. The average Bonchev–Trinajstić information content (AvgIpc) is 2.38. The van der Waals surface area contributed by atoms with Crippen molar-refractivity contribution in [2.75, 3.05) is 25.0 Å². The summed E-state index contributed by atoms with van der Waals surface area (Å²) in [6, 6.07) is 7.84. The molecule has 2 rings (SSSR count). The SMILES string of the molecule is Cc1cccc(NC(=O)CCCN2CCC[C@H](O)C2)c1. The van der Waals surface area contributed by atoms with Crippen LogP contribution in [0.3, 0.4) is 0 Å². The summed E-state index contributed by atoms with van der Waals surface area (Å²) >= 11 is 0. The Kier molecular flexibility index (Phi) is 5.56. The number of benzene rings is 1. The monoisotopic (exact) mass is 276 g/mol. The first-order valence-electron chi connectivity index (χ1n) is 7.40. The molecular weight excluding hydrogens is 252 g/mol. The molecule has 0 spiro atoms. The lowest BCUT2D eigenvalue weighted by Crippen LogP contribution is -2.38. The Morgan fingerprint density at radius 1 is 1.50 bits per heavy atom. The van der Waals surface area contributed by atoms with E-state index in [0.717, 1.165) is 50.1 Å². The van der Waals surface area contributed by atoms with Gasteiger partial charge in [-0.3, -0.25) is 4.79 Å². The van der Waals surface area contributed by atoms with E-state index in [9.17, 15) is 9.90 Å². The fourth-order valence-corrected chi connectivity index (χ4v) is 2.64. The minimum Gasteiger partial charge on any atom is -0.392 e. The van der Waals surface area contributed by atoms with Crippen molar-refractivity contribution >= 4 is 11.6 Å². The second-order valence-electron chi connectivity index (χ2n) is 5.62. The van der Waals surface area contributed by atoms with E-state index >= 15 is 0 Å². The normalized spacial score (nSPS) is 19.8. The van der Waals surface area contributed by atoms with Crippen LogP contribution in [0.2, 0.25) is 0 Å². The zero-order valence-electron chi connectivity index (χ0n) is 12.1. The molecule has 0 bridgehead atoms. The number of aliphatic hydroxyl groups excluding tert-OH is 1. The standard InChI is InChI=1S/C16H24N2O2/c1-13-5-2-6-14(11-13)17-16(20)8-4-10-18-9-3-7-15(19)12-18/h2,5-6,11,15,19H,3-4,7-10,12H2,1H3,(H,17,20)/t15-/m0/s1. The number of carbonyl (C=O) groups is 1. The number of rotatable bonds is 5. The van der Waals surface area contributed by atoms with E-state index in [1.54, 1.807) is 0 Å². The summed E-state index contributed by atoms with van der Waals surface area (Å²) in [5.74, 6) is 0.0631. The average molecular weight is 276 g/mol. The van der Waals surface area contributed by atoms with Crippen molar-refractivity contribution < 1.29 is 9.90 Å². The molecule has 1 aromatic rings. The van der Waals surface area contributed by atoms with Gasteiger partial charge in [0.15, 0.2) is 0 Å². The number of hydrogen-bond donors (Lipinski definition) is 2. The molecule has 1 saturated heterocycles. The van der Waals surface area contributed by atoms with E-state index in [1.165, 1.54) is 0 Å². The molecular formula is C16H24N2O2. The Morgan fingerprint density at radius 2 is 2.35 bits per heavy atom. The van der Waals surface area contributed by atoms with Crippen molar-refractivity contribution in [3.63, 3.8) is 0 Å². The smallest absolute Gasteiger partial charge is 0.224 e. The molecule has 1 aliphatic rings. The predicted octanol–water partition coefficient (Wildman–Crippen LogP) is 2.17. The van der Waals surface area contributed by atoms with Gasteiger partial charge < -0.3 is 15.3 Å². The minimum atomic E-state index is -0.190. The summed E-state index contributed by atoms with van der Waals surface area (Å²) in [4.78, 5) is 14.1. The van der Waals surface area contributed by atoms with Crippen LogP contribution < -0.4 is 5.32 Å². The van der Waals surface area contributed by atoms with Crippen molar-refractivity contribution in [1.82, 2.24) is 4.90 Å². The number of β-amino-alcohol motifs (C(OH)–C–C–N with tert-alkyl or cyclic N) is 1. The van der Waals surface area contributed by atoms with Gasteiger partial charge in [0.05, 0.1) is 6.10 Å². The maximum absolute atomic E-state index is 11.9. The van der Waals surface area contributed by atoms with Crippen LogP contribution in [0.5, 0.6) is 0 Å². The summed E-state index contributed by atoms with van der Waals surface area (Å²) in [6.45, 7) is 4.69. The summed E-state index contributed by atoms with van der Waals surface area (Å²) < 4.78 is 0. The summed E-state index contributed by atoms with van der Waals surface area (Å²) in [5, 5.41) is 12.5. The van der Waals surface area contributed by atoms with Crippen LogP contribution in [-0.2, 0) is 4.79 Å². The minimum absolute atomic E-state index is 0.0631. The lowest BCUT2D eigenvalue weighted by Gasteiger charge is -2.29. The highest BCUT2D eigenvalue weighted by Crippen LogP contribution is 2.12. The number of piperidine rings is 1. The molecule has 1 aliphatic heterocycles. The Labute approximate surface area is 120 Å². The van der Waals surface area contributed by atoms with Gasteiger partial charge in [-0.15, -0.1) is 0 Å². The van der Waals surface area contributed by atoms with Crippen LogP contribution in [0.25, 0.3) is 0 Å². The molecule has 1 amide bonds. The molecule has 20 heavy (non-hydrogen) atoms. The Hall–Kier alpha value is -1.39. The number of nitrogens with zero attached hydrogens (tertiary/aromatic N) is 1. The first-order chi connectivity index (χ1) is 9.63. The van der Waals surface area contributed by atoms with Gasteiger partial charge in [-0.2, -0.15) is 0 Å². The van der Waals surface area contributed by atoms with Gasteiger partial charge in [-0.05, 0) is 57.0 Å². The van der Waals surface area contributed by atoms with Crippen molar-refractivity contribution in [1.29, 1.82) is 0 Å². The topological polar surface area (TPSA) is 52.6 Å². The molecule has 0 saturated carbocycles. The summed E-state index contributed by atoms with van der Waals surface area (Å²) in [6.07, 6.45) is 3.14. The Morgan fingerprint density at radius 3 is 3.10 bits per heavy atom. The van der Waals surface area contributed by atoms with E-state index in [0.29, 0.717) is 6.42 Å². The third-order valence-electron chi connectivity index (χ3n) is 3.66. The van der Waals surface area contributed by atoms with E-state index in [-0.39, 0.29) is 12.0 Å². The van der Waals surface area contributed by atoms with Gasteiger partial charge in [-0.1, -0.05) is 12.1 Å². The van der Waals surface area contributed by atoms with Crippen LogP contribution in [0, 0.1) is 6.92 Å². The first-order valence-corrected chi connectivity index (χ1v) is 7.40. The highest BCUT2D eigenvalue weighted by molar-refractivity contribution is 5.90. The molecule has 1 heterocycles. The van der Waals surface area contributed by atoms with Crippen LogP contribution >= 0.6 is 0 Å². The molecule has 1 aromatic carbocycles. The van der Waals surface area contributed by atoms with Gasteiger partial charge >= 0.3 is 0 Å². The number of hydrogen-bond acceptors (Lipinski definition) is 3. The number of carbonyl (C=O) groups excluding carboxylic acids is 1. The lowest BCUT2D eigenvalue weighted by molar-refractivity contribution is -0.116. The third kappa shape index (κ3) is 4.94. The second kappa shape index (κ2) is 7.41. The van der Waals surface area contributed by atoms with Gasteiger partial charge in [0.2, 0.25) is 5.91 Å². The van der Waals surface area contributed by atoms with Crippen molar-refractivity contribution in [3.8, 4) is 0 Å². The van der Waals surface area contributed by atoms with E-state index in [2.05, 4.69) is 10.2 Å². The van der Waals surface area contributed by atoms with Crippen LogP contribution in [0.4, 0.5) is 5.69 Å². The molecule has 0 aromatic heterocycles.